The van der Waals surface area contributed by atoms with Crippen LogP contribution in [-0.4, -0.2) is 66.6 Å². The molecular formula is C16H26O12P2. The fraction of sp³-hybridized carbons (Fsp3) is 0.625. The van der Waals surface area contributed by atoms with Crippen molar-refractivity contribution in [2.24, 2.45) is 11.8 Å². The third-order valence-corrected chi connectivity index (χ3v) is 7.22. The van der Waals surface area contributed by atoms with Crippen molar-refractivity contribution in [1.29, 1.82) is 0 Å². The van der Waals surface area contributed by atoms with E-state index >= 15 is 0 Å². The van der Waals surface area contributed by atoms with E-state index in [-0.39, 0.29) is 36.8 Å². The van der Waals surface area contributed by atoms with Crippen LogP contribution in [0.4, 0.5) is 0 Å². The SMILES string of the molecule is C=C(COC(C1CCC(C(OCC(=C)C(=O)O)P(=O)(O)O)CC1)P(=O)(O)O)C(=O)O. The molecule has 6 N–H and O–H groups in total. The van der Waals surface area contributed by atoms with Gasteiger partial charge in [0.05, 0.1) is 24.4 Å². The van der Waals surface area contributed by atoms with Crippen molar-refractivity contribution in [1.82, 2.24) is 0 Å². The number of hydrogen-bond acceptors (Lipinski definition) is 6. The zero-order valence-electron chi connectivity index (χ0n) is 16.0. The van der Waals surface area contributed by atoms with Crippen molar-refractivity contribution >= 4 is 27.1 Å². The summed E-state index contributed by atoms with van der Waals surface area (Å²) in [6.07, 6.45) is 0.499. The van der Waals surface area contributed by atoms with Gasteiger partial charge < -0.3 is 39.3 Å². The van der Waals surface area contributed by atoms with Gasteiger partial charge in [0.25, 0.3) is 0 Å². The monoisotopic (exact) mass is 472 g/mol. The third kappa shape index (κ3) is 8.05. The van der Waals surface area contributed by atoms with Gasteiger partial charge in [-0.3, -0.25) is 9.13 Å². The van der Waals surface area contributed by atoms with Crippen LogP contribution in [0, 0.1) is 11.8 Å². The highest BCUT2D eigenvalue weighted by Crippen LogP contribution is 2.54. The van der Waals surface area contributed by atoms with Gasteiger partial charge in [0.15, 0.2) is 11.7 Å². The molecule has 0 bridgehead atoms. The van der Waals surface area contributed by atoms with E-state index in [0.29, 0.717) is 0 Å². The number of aliphatic carboxylic acids is 2. The van der Waals surface area contributed by atoms with Crippen molar-refractivity contribution < 1.29 is 58.0 Å². The fourth-order valence-corrected chi connectivity index (χ4v) is 5.46. The minimum absolute atomic E-state index is 0.125. The molecule has 0 aromatic rings. The highest BCUT2D eigenvalue weighted by atomic mass is 31.2. The van der Waals surface area contributed by atoms with Crippen LogP contribution >= 0.6 is 15.2 Å². The lowest BCUT2D eigenvalue weighted by Gasteiger charge is -2.36. The Balaban J connectivity index is 2.82. The second kappa shape index (κ2) is 10.8. The van der Waals surface area contributed by atoms with Crippen molar-refractivity contribution in [3.05, 3.63) is 24.3 Å². The minimum Gasteiger partial charge on any atom is -0.478 e. The molecule has 0 radical (unpaired) electrons. The van der Waals surface area contributed by atoms with E-state index in [1.54, 1.807) is 0 Å². The van der Waals surface area contributed by atoms with Gasteiger partial charge in [-0.2, -0.15) is 0 Å². The molecule has 1 saturated carbocycles. The van der Waals surface area contributed by atoms with Crippen LogP contribution in [0.3, 0.4) is 0 Å². The zero-order valence-corrected chi connectivity index (χ0v) is 17.8. The lowest BCUT2D eigenvalue weighted by molar-refractivity contribution is -0.134. The predicted molar refractivity (Wildman–Crippen MR) is 103 cm³/mol. The Morgan fingerprint density at radius 3 is 1.23 bits per heavy atom. The predicted octanol–water partition coefficient (Wildman–Crippen LogP) is 1.12. The van der Waals surface area contributed by atoms with E-state index in [9.17, 15) is 38.3 Å². The summed E-state index contributed by atoms with van der Waals surface area (Å²) >= 11 is 0. The van der Waals surface area contributed by atoms with E-state index < -0.39 is 63.9 Å². The second-order valence-corrected chi connectivity index (χ2v) is 10.4. The normalized spacial score (nSPS) is 22.1. The fourth-order valence-electron chi connectivity index (χ4n) is 3.23. The van der Waals surface area contributed by atoms with E-state index in [1.165, 1.54) is 0 Å². The lowest BCUT2D eigenvalue weighted by Crippen LogP contribution is -2.34. The molecule has 172 valence electrons. The van der Waals surface area contributed by atoms with Crippen LogP contribution in [0.5, 0.6) is 0 Å². The number of carboxylic acids is 2. The van der Waals surface area contributed by atoms with Gasteiger partial charge in [-0.1, -0.05) is 13.2 Å². The summed E-state index contributed by atoms with van der Waals surface area (Å²) in [7, 11) is -9.52. The largest absolute Gasteiger partial charge is 0.478 e. The molecule has 0 saturated heterocycles. The average molecular weight is 472 g/mol. The topological polar surface area (TPSA) is 208 Å². The van der Waals surface area contributed by atoms with Crippen LogP contribution in [0.2, 0.25) is 0 Å². The molecule has 1 fully saturated rings. The molecule has 1 rings (SSSR count). The Morgan fingerprint density at radius 1 is 0.767 bits per heavy atom. The second-order valence-electron chi connectivity index (χ2n) is 7.07. The van der Waals surface area contributed by atoms with E-state index in [0.717, 1.165) is 0 Å². The first kappa shape index (κ1) is 26.7. The molecule has 0 aliphatic heterocycles. The standard InChI is InChI=1S/C16H26O12P2/c1-9(13(17)18)7-27-15(29(21,22)23)11-3-5-12(6-4-11)16(30(24,25)26)28-8-10(2)14(19)20/h11-12,15-16H,1-8H2,(H,17,18)(H,19,20)(H2,21,22,23)(H2,24,25,26). The summed E-state index contributed by atoms with van der Waals surface area (Å²) in [6, 6.07) is 0. The summed E-state index contributed by atoms with van der Waals surface area (Å²) in [6.45, 7) is 5.29. The van der Waals surface area contributed by atoms with E-state index in [1.807, 2.05) is 0 Å². The molecule has 0 aromatic carbocycles. The Bertz CT molecular complexity index is 694. The quantitative estimate of drug-likeness (QED) is 0.174. The first-order valence-electron chi connectivity index (χ1n) is 8.80. The highest BCUT2D eigenvalue weighted by molar-refractivity contribution is 7.52. The third-order valence-electron chi connectivity index (χ3n) is 4.75. The lowest BCUT2D eigenvalue weighted by atomic mass is 9.82. The van der Waals surface area contributed by atoms with Gasteiger partial charge in [0.1, 0.15) is 0 Å². The highest BCUT2D eigenvalue weighted by Gasteiger charge is 2.44. The van der Waals surface area contributed by atoms with Crippen LogP contribution in [-0.2, 0) is 28.2 Å². The first-order chi connectivity index (χ1) is 13.6. The molecular weight excluding hydrogens is 446 g/mol. The number of rotatable bonds is 12. The van der Waals surface area contributed by atoms with Crippen molar-refractivity contribution in [2.45, 2.75) is 37.4 Å². The van der Waals surface area contributed by atoms with Gasteiger partial charge >= 0.3 is 27.1 Å². The van der Waals surface area contributed by atoms with Gasteiger partial charge in [-0.05, 0) is 37.5 Å². The maximum atomic E-state index is 11.8. The Kier molecular flexibility index (Phi) is 9.59. The Morgan fingerprint density at radius 2 is 1.03 bits per heavy atom. The number of carboxylic acid groups (broad SMARTS) is 2. The van der Waals surface area contributed by atoms with E-state index in [4.69, 9.17) is 19.7 Å². The maximum absolute atomic E-state index is 11.8. The minimum atomic E-state index is -4.76. The molecule has 2 atom stereocenters. The Hall–Kier alpha value is -1.36. The van der Waals surface area contributed by atoms with E-state index in [2.05, 4.69) is 13.2 Å². The van der Waals surface area contributed by atoms with Gasteiger partial charge in [-0.25, -0.2) is 9.59 Å². The number of hydrogen-bond donors (Lipinski definition) is 6. The summed E-state index contributed by atoms with van der Waals surface area (Å²) in [4.78, 5) is 59.9. The van der Waals surface area contributed by atoms with Gasteiger partial charge in [-0.15, -0.1) is 0 Å². The average Bonchev–Trinajstić information content (AvgIpc) is 2.60. The number of carbonyl (C=O) groups is 2. The van der Waals surface area contributed by atoms with Crippen LogP contribution in [0.15, 0.2) is 24.3 Å². The molecule has 0 heterocycles. The molecule has 2 unspecified atom stereocenters. The maximum Gasteiger partial charge on any atom is 0.354 e. The van der Waals surface area contributed by atoms with Crippen molar-refractivity contribution in [3.63, 3.8) is 0 Å². The van der Waals surface area contributed by atoms with Gasteiger partial charge in [0, 0.05) is 0 Å². The zero-order chi connectivity index (χ0) is 23.3. The summed E-state index contributed by atoms with van der Waals surface area (Å²) in [5.41, 5.74) is -0.758. The smallest absolute Gasteiger partial charge is 0.354 e. The number of ether oxygens (including phenoxy) is 2. The van der Waals surface area contributed by atoms with Crippen molar-refractivity contribution in [3.8, 4) is 0 Å². The van der Waals surface area contributed by atoms with Crippen LogP contribution < -0.4 is 0 Å². The molecule has 1 aliphatic rings. The van der Waals surface area contributed by atoms with Crippen molar-refractivity contribution in [2.75, 3.05) is 13.2 Å². The molecule has 1 aliphatic carbocycles. The summed E-state index contributed by atoms with van der Waals surface area (Å²) < 4.78 is 33.9. The van der Waals surface area contributed by atoms with Gasteiger partial charge in [0.2, 0.25) is 0 Å². The molecule has 12 nitrogen and oxygen atoms in total. The Labute approximate surface area is 172 Å². The molecule has 0 aromatic heterocycles. The molecule has 0 spiro atoms. The summed E-state index contributed by atoms with van der Waals surface area (Å²) in [5.74, 6) is -7.28. The molecule has 0 amide bonds. The van der Waals surface area contributed by atoms with Crippen LogP contribution in [0.1, 0.15) is 25.7 Å². The molecule has 30 heavy (non-hydrogen) atoms. The molecule has 14 heteroatoms. The van der Waals surface area contributed by atoms with Crippen LogP contribution in [0.25, 0.3) is 0 Å². The first-order valence-corrected chi connectivity index (χ1v) is 12.2. The summed E-state index contributed by atoms with van der Waals surface area (Å²) in [5, 5.41) is 17.6.